The van der Waals surface area contributed by atoms with Gasteiger partial charge in [0.25, 0.3) is 0 Å². The molecule has 1 aliphatic heterocycles. The zero-order valence-corrected chi connectivity index (χ0v) is 16.5. The van der Waals surface area contributed by atoms with Crippen LogP contribution in [-0.4, -0.2) is 49.0 Å². The van der Waals surface area contributed by atoms with Crippen LogP contribution in [0.5, 0.6) is 5.75 Å². The Bertz CT molecular complexity index is 656. The Morgan fingerprint density at radius 3 is 2.04 bits per heavy atom. The smallest absolute Gasteiger partial charge is 0.228 e. The normalized spacial score (nSPS) is 35.4. The van der Waals surface area contributed by atoms with Gasteiger partial charge in [-0.3, -0.25) is 9.69 Å². The van der Waals surface area contributed by atoms with Crippen molar-refractivity contribution in [2.45, 2.75) is 45.1 Å². The number of ether oxygens (including phenoxy) is 1. The molecule has 0 unspecified atom stereocenters. The molecule has 1 amide bonds. The Morgan fingerprint density at radius 1 is 0.963 bits per heavy atom. The van der Waals surface area contributed by atoms with Crippen molar-refractivity contribution in [3.63, 3.8) is 0 Å². The van der Waals surface area contributed by atoms with Gasteiger partial charge < -0.3 is 9.64 Å². The number of rotatable bonds is 4. The first-order valence-corrected chi connectivity index (χ1v) is 10.8. The van der Waals surface area contributed by atoms with Crippen molar-refractivity contribution in [3.05, 3.63) is 29.8 Å². The van der Waals surface area contributed by atoms with E-state index in [1.807, 2.05) is 12.1 Å². The third-order valence-corrected chi connectivity index (χ3v) is 7.72. The highest BCUT2D eigenvalue weighted by Crippen LogP contribution is 2.60. The van der Waals surface area contributed by atoms with E-state index in [1.54, 1.807) is 7.11 Å². The van der Waals surface area contributed by atoms with Gasteiger partial charge in [0.1, 0.15) is 5.75 Å². The van der Waals surface area contributed by atoms with E-state index in [4.69, 9.17) is 4.74 Å². The predicted octanol–water partition coefficient (Wildman–Crippen LogP) is 3.56. The Balaban J connectivity index is 1.18. The van der Waals surface area contributed by atoms with Crippen molar-refractivity contribution < 1.29 is 9.53 Å². The summed E-state index contributed by atoms with van der Waals surface area (Å²) in [6.45, 7) is 4.74. The van der Waals surface area contributed by atoms with Crippen LogP contribution in [0.3, 0.4) is 0 Å². The number of carbonyl (C=O) groups excluding carboxylic acids is 1. The van der Waals surface area contributed by atoms with Gasteiger partial charge >= 0.3 is 0 Å². The van der Waals surface area contributed by atoms with Crippen molar-refractivity contribution >= 4 is 5.91 Å². The predicted molar refractivity (Wildman–Crippen MR) is 105 cm³/mol. The van der Waals surface area contributed by atoms with E-state index in [1.165, 1.54) is 44.1 Å². The second-order valence-electron chi connectivity index (χ2n) is 9.61. The first-order valence-electron chi connectivity index (χ1n) is 10.8. The van der Waals surface area contributed by atoms with Gasteiger partial charge in [-0.05, 0) is 74.0 Å². The molecule has 1 saturated heterocycles. The van der Waals surface area contributed by atoms with Crippen LogP contribution in [0.15, 0.2) is 24.3 Å². The van der Waals surface area contributed by atoms with E-state index in [0.29, 0.717) is 5.91 Å². The van der Waals surface area contributed by atoms with Crippen LogP contribution < -0.4 is 4.74 Å². The number of hydrogen-bond donors (Lipinski definition) is 0. The SMILES string of the molecule is COc1ccc(CN2CCN(C(=O)C34CC5CC(CC(C5)C3)C4)CC2)cc1. The average molecular weight is 369 g/mol. The minimum absolute atomic E-state index is 0.0207. The second kappa shape index (κ2) is 6.80. The summed E-state index contributed by atoms with van der Waals surface area (Å²) in [4.78, 5) is 18.2. The number of piperazine rings is 1. The van der Waals surface area contributed by atoms with Crippen molar-refractivity contribution in [1.82, 2.24) is 9.80 Å². The van der Waals surface area contributed by atoms with Crippen LogP contribution in [0.25, 0.3) is 0 Å². The van der Waals surface area contributed by atoms with E-state index >= 15 is 0 Å². The molecule has 4 aliphatic carbocycles. The maximum Gasteiger partial charge on any atom is 0.228 e. The first kappa shape index (κ1) is 17.5. The van der Waals surface area contributed by atoms with Crippen LogP contribution in [0.1, 0.15) is 44.1 Å². The average Bonchev–Trinajstić information content (AvgIpc) is 2.68. The van der Waals surface area contributed by atoms with Crippen molar-refractivity contribution in [2.24, 2.45) is 23.2 Å². The van der Waals surface area contributed by atoms with E-state index in [2.05, 4.69) is 21.9 Å². The molecule has 0 N–H and O–H groups in total. The third kappa shape index (κ3) is 3.26. The molecule has 4 bridgehead atoms. The standard InChI is InChI=1S/C23H32N2O2/c1-27-21-4-2-17(3-5-21)16-24-6-8-25(9-7-24)22(26)23-13-18-10-19(14-23)12-20(11-18)15-23/h2-5,18-20H,6-16H2,1H3. The molecule has 0 atom stereocenters. The van der Waals surface area contributed by atoms with Gasteiger partial charge in [-0.15, -0.1) is 0 Å². The molecular formula is C23H32N2O2. The number of nitrogens with zero attached hydrogens (tertiary/aromatic N) is 2. The van der Waals surface area contributed by atoms with E-state index < -0.39 is 0 Å². The largest absolute Gasteiger partial charge is 0.497 e. The Labute approximate surface area is 162 Å². The minimum Gasteiger partial charge on any atom is -0.497 e. The molecular weight excluding hydrogens is 336 g/mol. The van der Waals surface area contributed by atoms with Crippen LogP contribution >= 0.6 is 0 Å². The number of amides is 1. The Morgan fingerprint density at radius 2 is 1.52 bits per heavy atom. The monoisotopic (exact) mass is 368 g/mol. The van der Waals surface area contributed by atoms with E-state index in [0.717, 1.165) is 56.2 Å². The summed E-state index contributed by atoms with van der Waals surface area (Å²) in [5.74, 6) is 3.94. The molecule has 1 heterocycles. The van der Waals surface area contributed by atoms with Gasteiger partial charge in [-0.1, -0.05) is 12.1 Å². The lowest BCUT2D eigenvalue weighted by Crippen LogP contribution is -2.58. The van der Waals surface area contributed by atoms with Gasteiger partial charge in [0.05, 0.1) is 12.5 Å². The van der Waals surface area contributed by atoms with Crippen LogP contribution in [0, 0.1) is 23.2 Å². The molecule has 6 rings (SSSR count). The summed E-state index contributed by atoms with van der Waals surface area (Å²) >= 11 is 0. The highest BCUT2D eigenvalue weighted by Gasteiger charge is 2.55. The molecule has 4 nitrogen and oxygen atoms in total. The zero-order chi connectivity index (χ0) is 18.4. The zero-order valence-electron chi connectivity index (χ0n) is 16.5. The number of carbonyl (C=O) groups is 1. The summed E-state index contributed by atoms with van der Waals surface area (Å²) in [6.07, 6.45) is 7.77. The summed E-state index contributed by atoms with van der Waals surface area (Å²) in [7, 11) is 1.70. The van der Waals surface area contributed by atoms with E-state index in [9.17, 15) is 4.79 Å². The molecule has 5 fully saturated rings. The summed E-state index contributed by atoms with van der Waals surface area (Å²) in [5, 5.41) is 0. The molecule has 0 radical (unpaired) electrons. The van der Waals surface area contributed by atoms with Gasteiger partial charge in [0.2, 0.25) is 5.91 Å². The van der Waals surface area contributed by atoms with Gasteiger partial charge in [0, 0.05) is 32.7 Å². The fourth-order valence-corrected chi connectivity index (χ4v) is 6.81. The summed E-state index contributed by atoms with van der Waals surface area (Å²) in [5.41, 5.74) is 1.34. The Hall–Kier alpha value is -1.55. The molecule has 146 valence electrons. The second-order valence-corrected chi connectivity index (χ2v) is 9.61. The highest BCUT2D eigenvalue weighted by molar-refractivity contribution is 5.83. The molecule has 1 aromatic carbocycles. The van der Waals surface area contributed by atoms with E-state index in [-0.39, 0.29) is 5.41 Å². The van der Waals surface area contributed by atoms with Crippen molar-refractivity contribution in [3.8, 4) is 5.75 Å². The maximum atomic E-state index is 13.5. The fourth-order valence-electron chi connectivity index (χ4n) is 6.81. The highest BCUT2D eigenvalue weighted by atomic mass is 16.5. The van der Waals surface area contributed by atoms with Crippen LogP contribution in [0.2, 0.25) is 0 Å². The topological polar surface area (TPSA) is 32.8 Å². The molecule has 0 aromatic heterocycles. The molecule has 4 heteroatoms. The molecule has 27 heavy (non-hydrogen) atoms. The minimum atomic E-state index is 0.0207. The lowest BCUT2D eigenvalue weighted by Gasteiger charge is -2.57. The number of benzene rings is 1. The first-order chi connectivity index (χ1) is 13.1. The molecule has 4 saturated carbocycles. The number of hydrogen-bond acceptors (Lipinski definition) is 3. The lowest BCUT2D eigenvalue weighted by atomic mass is 9.49. The summed E-state index contributed by atoms with van der Waals surface area (Å²) in [6, 6.07) is 8.35. The van der Waals surface area contributed by atoms with Crippen LogP contribution in [-0.2, 0) is 11.3 Å². The van der Waals surface area contributed by atoms with Gasteiger partial charge in [-0.2, -0.15) is 0 Å². The molecule has 1 aromatic rings. The molecule has 0 spiro atoms. The van der Waals surface area contributed by atoms with Crippen LogP contribution in [0.4, 0.5) is 0 Å². The summed E-state index contributed by atoms with van der Waals surface area (Å²) < 4.78 is 5.24. The number of methoxy groups -OCH3 is 1. The van der Waals surface area contributed by atoms with Crippen molar-refractivity contribution in [2.75, 3.05) is 33.3 Å². The maximum absolute atomic E-state index is 13.5. The third-order valence-electron chi connectivity index (χ3n) is 7.72. The van der Waals surface area contributed by atoms with Gasteiger partial charge in [0.15, 0.2) is 0 Å². The Kier molecular flexibility index (Phi) is 4.42. The van der Waals surface area contributed by atoms with Crippen molar-refractivity contribution in [1.29, 1.82) is 0 Å². The lowest BCUT2D eigenvalue weighted by molar-refractivity contribution is -0.159. The van der Waals surface area contributed by atoms with Gasteiger partial charge in [-0.25, -0.2) is 0 Å². The quantitative estimate of drug-likeness (QED) is 0.815. The molecule has 5 aliphatic rings. The fraction of sp³-hybridized carbons (Fsp3) is 0.696.